The summed E-state index contributed by atoms with van der Waals surface area (Å²) in [5, 5.41) is 3.33. The van der Waals surface area contributed by atoms with Gasteiger partial charge in [0.15, 0.2) is 0 Å². The SMILES string of the molecule is CCc1ccc(C(C)Nc2cc(=O)[nH]c(C3CC3)n2)cc1. The normalized spacial score (nSPS) is 15.7. The van der Waals surface area contributed by atoms with Crippen LogP contribution in [0, 0.1) is 0 Å². The van der Waals surface area contributed by atoms with Crippen LogP contribution in [0.2, 0.25) is 0 Å². The van der Waals surface area contributed by atoms with Crippen molar-refractivity contribution in [3.05, 3.63) is 57.6 Å². The van der Waals surface area contributed by atoms with Gasteiger partial charge in [0.25, 0.3) is 5.56 Å². The number of nitrogens with zero attached hydrogens (tertiary/aromatic N) is 1. The summed E-state index contributed by atoms with van der Waals surface area (Å²) in [6.45, 7) is 4.23. The lowest BCUT2D eigenvalue weighted by Crippen LogP contribution is -2.15. The minimum atomic E-state index is -0.0806. The molecule has 0 bridgehead atoms. The minimum absolute atomic E-state index is 0.0806. The van der Waals surface area contributed by atoms with Crippen molar-refractivity contribution in [3.8, 4) is 0 Å². The Morgan fingerprint density at radius 2 is 2.05 bits per heavy atom. The van der Waals surface area contributed by atoms with Crippen molar-refractivity contribution < 1.29 is 0 Å². The van der Waals surface area contributed by atoms with Crippen molar-refractivity contribution in [2.75, 3.05) is 5.32 Å². The van der Waals surface area contributed by atoms with Crippen molar-refractivity contribution in [1.29, 1.82) is 0 Å². The van der Waals surface area contributed by atoms with Crippen LogP contribution in [0.15, 0.2) is 35.1 Å². The Morgan fingerprint density at radius 1 is 1.33 bits per heavy atom. The number of hydrogen-bond acceptors (Lipinski definition) is 3. The lowest BCUT2D eigenvalue weighted by molar-refractivity contribution is 0.847. The molecule has 21 heavy (non-hydrogen) atoms. The summed E-state index contributed by atoms with van der Waals surface area (Å²) in [5.74, 6) is 1.92. The van der Waals surface area contributed by atoms with Gasteiger partial charge in [0, 0.05) is 18.0 Å². The molecule has 1 aliphatic carbocycles. The largest absolute Gasteiger partial charge is 0.363 e. The van der Waals surface area contributed by atoms with Crippen LogP contribution in [0.3, 0.4) is 0 Å². The number of aryl methyl sites for hydroxylation is 1. The maximum atomic E-state index is 11.7. The van der Waals surface area contributed by atoms with Crippen molar-refractivity contribution in [3.63, 3.8) is 0 Å². The van der Waals surface area contributed by atoms with Gasteiger partial charge in [0.05, 0.1) is 0 Å². The molecule has 1 saturated carbocycles. The van der Waals surface area contributed by atoms with Crippen molar-refractivity contribution in [2.45, 2.75) is 45.1 Å². The van der Waals surface area contributed by atoms with Gasteiger partial charge in [0.1, 0.15) is 11.6 Å². The first-order valence-corrected chi connectivity index (χ1v) is 7.62. The Kier molecular flexibility index (Phi) is 3.78. The molecule has 1 atom stereocenters. The Labute approximate surface area is 124 Å². The quantitative estimate of drug-likeness (QED) is 0.884. The van der Waals surface area contributed by atoms with Crippen LogP contribution in [-0.2, 0) is 6.42 Å². The molecule has 1 fully saturated rings. The van der Waals surface area contributed by atoms with Gasteiger partial charge in [-0.25, -0.2) is 4.98 Å². The van der Waals surface area contributed by atoms with E-state index in [0.29, 0.717) is 11.7 Å². The highest BCUT2D eigenvalue weighted by molar-refractivity contribution is 5.38. The van der Waals surface area contributed by atoms with Gasteiger partial charge >= 0.3 is 0 Å². The third kappa shape index (κ3) is 3.32. The van der Waals surface area contributed by atoms with Crippen molar-refractivity contribution in [2.24, 2.45) is 0 Å². The minimum Gasteiger partial charge on any atom is -0.363 e. The lowest BCUT2D eigenvalue weighted by Gasteiger charge is -2.15. The molecule has 2 aromatic rings. The molecule has 4 heteroatoms. The van der Waals surface area contributed by atoms with Crippen LogP contribution in [-0.4, -0.2) is 9.97 Å². The van der Waals surface area contributed by atoms with Crippen LogP contribution in [0.1, 0.15) is 55.6 Å². The maximum absolute atomic E-state index is 11.7. The van der Waals surface area contributed by atoms with Crippen molar-refractivity contribution in [1.82, 2.24) is 9.97 Å². The molecule has 1 heterocycles. The predicted octanol–water partition coefficient (Wildman–Crippen LogP) is 3.38. The molecule has 1 aromatic carbocycles. The summed E-state index contributed by atoms with van der Waals surface area (Å²) < 4.78 is 0. The van der Waals surface area contributed by atoms with E-state index in [-0.39, 0.29) is 11.6 Å². The van der Waals surface area contributed by atoms with E-state index < -0.39 is 0 Å². The topological polar surface area (TPSA) is 57.8 Å². The summed E-state index contributed by atoms with van der Waals surface area (Å²) >= 11 is 0. The van der Waals surface area contributed by atoms with E-state index in [9.17, 15) is 4.79 Å². The molecule has 1 aromatic heterocycles. The fraction of sp³-hybridized carbons (Fsp3) is 0.412. The first-order chi connectivity index (χ1) is 10.2. The summed E-state index contributed by atoms with van der Waals surface area (Å²) in [4.78, 5) is 19.1. The van der Waals surface area contributed by atoms with E-state index in [0.717, 1.165) is 25.1 Å². The van der Waals surface area contributed by atoms with Gasteiger partial charge in [-0.2, -0.15) is 0 Å². The molecule has 0 amide bonds. The van der Waals surface area contributed by atoms with E-state index in [1.165, 1.54) is 17.2 Å². The highest BCUT2D eigenvalue weighted by Crippen LogP contribution is 2.37. The second-order valence-electron chi connectivity index (χ2n) is 5.75. The molecule has 4 nitrogen and oxygen atoms in total. The number of aromatic nitrogens is 2. The van der Waals surface area contributed by atoms with Gasteiger partial charge in [-0.3, -0.25) is 4.79 Å². The first kappa shape index (κ1) is 13.9. The zero-order valence-electron chi connectivity index (χ0n) is 12.5. The van der Waals surface area contributed by atoms with Crippen LogP contribution >= 0.6 is 0 Å². The van der Waals surface area contributed by atoms with Gasteiger partial charge in [-0.1, -0.05) is 31.2 Å². The van der Waals surface area contributed by atoms with E-state index in [2.05, 4.69) is 53.4 Å². The molecule has 1 aliphatic rings. The Balaban J connectivity index is 1.77. The number of benzene rings is 1. The average molecular weight is 283 g/mol. The lowest BCUT2D eigenvalue weighted by atomic mass is 10.1. The monoisotopic (exact) mass is 283 g/mol. The predicted molar refractivity (Wildman–Crippen MR) is 84.7 cm³/mol. The third-order valence-electron chi connectivity index (χ3n) is 3.98. The maximum Gasteiger partial charge on any atom is 0.252 e. The van der Waals surface area contributed by atoms with Crippen molar-refractivity contribution >= 4 is 5.82 Å². The summed E-state index contributed by atoms with van der Waals surface area (Å²) in [6, 6.07) is 10.2. The van der Waals surface area contributed by atoms with Crippen LogP contribution in [0.4, 0.5) is 5.82 Å². The number of nitrogens with one attached hydrogen (secondary N) is 2. The first-order valence-electron chi connectivity index (χ1n) is 7.62. The van der Waals surface area contributed by atoms with Gasteiger partial charge < -0.3 is 10.3 Å². The van der Waals surface area contributed by atoms with Gasteiger partial charge in [0.2, 0.25) is 0 Å². The Bertz CT molecular complexity index is 671. The second kappa shape index (κ2) is 5.72. The molecule has 1 unspecified atom stereocenters. The van der Waals surface area contributed by atoms with Crippen LogP contribution in [0.25, 0.3) is 0 Å². The summed E-state index contributed by atoms with van der Waals surface area (Å²) in [6.07, 6.45) is 3.29. The molecule has 2 N–H and O–H groups in total. The molecular formula is C17H21N3O. The summed E-state index contributed by atoms with van der Waals surface area (Å²) in [7, 11) is 0. The Morgan fingerprint density at radius 3 is 2.67 bits per heavy atom. The standard InChI is InChI=1S/C17H21N3O/c1-3-12-4-6-13(7-5-12)11(2)18-15-10-16(21)20-17(19-15)14-8-9-14/h4-7,10-11,14H,3,8-9H2,1-2H3,(H2,18,19,20,21). The zero-order chi connectivity index (χ0) is 14.8. The molecule has 0 aliphatic heterocycles. The van der Waals surface area contributed by atoms with E-state index in [1.54, 1.807) is 0 Å². The second-order valence-corrected chi connectivity index (χ2v) is 5.75. The van der Waals surface area contributed by atoms with E-state index in [4.69, 9.17) is 0 Å². The number of aromatic amines is 1. The van der Waals surface area contributed by atoms with E-state index >= 15 is 0 Å². The molecule has 0 spiro atoms. The molecular weight excluding hydrogens is 262 g/mol. The van der Waals surface area contributed by atoms with Gasteiger partial charge in [-0.05, 0) is 37.3 Å². The molecule has 3 rings (SSSR count). The zero-order valence-corrected chi connectivity index (χ0v) is 12.5. The highest BCUT2D eigenvalue weighted by Gasteiger charge is 2.26. The van der Waals surface area contributed by atoms with Crippen LogP contribution < -0.4 is 10.9 Å². The number of rotatable bonds is 5. The van der Waals surface area contributed by atoms with Gasteiger partial charge in [-0.15, -0.1) is 0 Å². The van der Waals surface area contributed by atoms with Crippen LogP contribution in [0.5, 0.6) is 0 Å². The molecule has 0 saturated heterocycles. The smallest absolute Gasteiger partial charge is 0.252 e. The molecule has 110 valence electrons. The van der Waals surface area contributed by atoms with E-state index in [1.807, 2.05) is 0 Å². The number of anilines is 1. The number of hydrogen-bond donors (Lipinski definition) is 2. The highest BCUT2D eigenvalue weighted by atomic mass is 16.1. The Hall–Kier alpha value is -2.10. The average Bonchev–Trinajstić information content (AvgIpc) is 3.31. The fourth-order valence-electron chi connectivity index (χ4n) is 2.45. The molecule has 0 radical (unpaired) electrons. The summed E-state index contributed by atoms with van der Waals surface area (Å²) in [5.41, 5.74) is 2.45. The fourth-order valence-corrected chi connectivity index (χ4v) is 2.45. The number of H-pyrrole nitrogens is 1. The third-order valence-corrected chi connectivity index (χ3v) is 3.98.